The fourth-order valence-corrected chi connectivity index (χ4v) is 4.07. The Balaban J connectivity index is 1.64. The van der Waals surface area contributed by atoms with Gasteiger partial charge in [0.15, 0.2) is 17.1 Å². The van der Waals surface area contributed by atoms with Crippen molar-refractivity contribution in [3.05, 3.63) is 58.0 Å². The number of hydrogen-bond donors (Lipinski definition) is 1. The van der Waals surface area contributed by atoms with Gasteiger partial charge < -0.3 is 14.6 Å². The number of carbonyl (C=O) groups is 1. The number of anilines is 1. The molecule has 0 aliphatic heterocycles. The summed E-state index contributed by atoms with van der Waals surface area (Å²) in [6.07, 6.45) is 1.37. The van der Waals surface area contributed by atoms with Crippen molar-refractivity contribution in [2.24, 2.45) is 0 Å². The van der Waals surface area contributed by atoms with Gasteiger partial charge in [-0.25, -0.2) is 4.98 Å². The molecule has 0 fully saturated rings. The van der Waals surface area contributed by atoms with Crippen molar-refractivity contribution in [3.63, 3.8) is 0 Å². The molecular weight excluding hydrogens is 466 g/mol. The minimum atomic E-state index is -0.270. The third-order valence-electron chi connectivity index (χ3n) is 4.26. The molecule has 0 aliphatic rings. The van der Waals surface area contributed by atoms with Gasteiger partial charge in [0.2, 0.25) is 5.91 Å². The average Bonchev–Trinajstić information content (AvgIpc) is 3.10. The molecule has 0 saturated carbocycles. The number of benzene rings is 1. The molecule has 1 N–H and O–H groups in total. The Bertz CT molecular complexity index is 1000. The van der Waals surface area contributed by atoms with E-state index in [-0.39, 0.29) is 17.8 Å². The van der Waals surface area contributed by atoms with E-state index < -0.39 is 0 Å². The lowest BCUT2D eigenvalue weighted by Gasteiger charge is -2.16. The minimum absolute atomic E-state index is 0.151. The molecule has 3 rings (SSSR count). The van der Waals surface area contributed by atoms with Crippen molar-refractivity contribution in [2.75, 3.05) is 11.1 Å². The van der Waals surface area contributed by atoms with E-state index in [4.69, 9.17) is 4.74 Å². The molecule has 1 aromatic carbocycles. The van der Waals surface area contributed by atoms with Gasteiger partial charge in [-0.1, -0.05) is 17.8 Å². The highest BCUT2D eigenvalue weighted by Crippen LogP contribution is 2.26. The fraction of sp³-hybridized carbons (Fsp3) is 0.333. The van der Waals surface area contributed by atoms with E-state index in [1.165, 1.54) is 11.8 Å². The number of carbonyl (C=O) groups excluding carboxylic acids is 1. The van der Waals surface area contributed by atoms with E-state index in [1.54, 1.807) is 12.3 Å². The number of aromatic nitrogens is 4. The van der Waals surface area contributed by atoms with E-state index in [0.29, 0.717) is 17.5 Å². The summed E-state index contributed by atoms with van der Waals surface area (Å²) in [7, 11) is 0. The first-order valence-electron chi connectivity index (χ1n) is 9.58. The van der Waals surface area contributed by atoms with Gasteiger partial charge >= 0.3 is 0 Å². The standard InChI is InChI=1S/C21H24BrN5O2S/c1-5-27-20(15(4)29-17-9-13(2)8-14(3)10-17)25-26-21(27)30-12-19(28)24-18-7-6-16(22)11-23-18/h6-11,15H,5,12H2,1-4H3,(H,23,24,28). The molecule has 158 valence electrons. The molecule has 0 saturated heterocycles. The maximum absolute atomic E-state index is 12.3. The predicted molar refractivity (Wildman–Crippen MR) is 122 cm³/mol. The Morgan fingerprint density at radius 2 is 1.97 bits per heavy atom. The Morgan fingerprint density at radius 1 is 1.23 bits per heavy atom. The van der Waals surface area contributed by atoms with Crippen LogP contribution in [0.3, 0.4) is 0 Å². The molecular formula is C21H24BrN5O2S. The van der Waals surface area contributed by atoms with Crippen LogP contribution >= 0.6 is 27.7 Å². The molecule has 2 aromatic heterocycles. The van der Waals surface area contributed by atoms with Crippen molar-refractivity contribution in [1.29, 1.82) is 0 Å². The summed E-state index contributed by atoms with van der Waals surface area (Å²) in [5.74, 6) is 2.11. The normalized spacial score (nSPS) is 11.9. The summed E-state index contributed by atoms with van der Waals surface area (Å²) in [4.78, 5) is 16.4. The molecule has 1 unspecified atom stereocenters. The molecule has 30 heavy (non-hydrogen) atoms. The van der Waals surface area contributed by atoms with E-state index in [0.717, 1.165) is 27.2 Å². The second-order valence-electron chi connectivity index (χ2n) is 6.87. The maximum Gasteiger partial charge on any atom is 0.236 e. The zero-order chi connectivity index (χ0) is 21.7. The van der Waals surface area contributed by atoms with Crippen molar-refractivity contribution < 1.29 is 9.53 Å². The molecule has 0 aliphatic carbocycles. The number of ether oxygens (including phenoxy) is 1. The predicted octanol–water partition coefficient (Wildman–Crippen LogP) is 4.94. The Hall–Kier alpha value is -2.39. The van der Waals surface area contributed by atoms with Crippen LogP contribution in [0.4, 0.5) is 5.82 Å². The first kappa shape index (κ1) is 22.3. The summed E-state index contributed by atoms with van der Waals surface area (Å²) in [5.41, 5.74) is 2.30. The third kappa shape index (κ3) is 5.82. The monoisotopic (exact) mass is 489 g/mol. The second kappa shape index (κ2) is 10.1. The number of nitrogens with zero attached hydrogens (tertiary/aromatic N) is 4. The second-order valence-corrected chi connectivity index (χ2v) is 8.73. The van der Waals surface area contributed by atoms with Crippen LogP contribution in [-0.4, -0.2) is 31.4 Å². The number of nitrogens with one attached hydrogen (secondary N) is 1. The van der Waals surface area contributed by atoms with Crippen LogP contribution < -0.4 is 10.1 Å². The lowest BCUT2D eigenvalue weighted by molar-refractivity contribution is -0.113. The molecule has 1 atom stereocenters. The largest absolute Gasteiger partial charge is 0.483 e. The third-order valence-corrected chi connectivity index (χ3v) is 5.70. The van der Waals surface area contributed by atoms with E-state index in [2.05, 4.69) is 42.5 Å². The van der Waals surface area contributed by atoms with Crippen LogP contribution in [0.15, 0.2) is 46.2 Å². The number of amides is 1. The number of halogens is 1. The van der Waals surface area contributed by atoms with Crippen LogP contribution in [0.2, 0.25) is 0 Å². The number of hydrogen-bond acceptors (Lipinski definition) is 6. The van der Waals surface area contributed by atoms with E-state index in [9.17, 15) is 4.79 Å². The minimum Gasteiger partial charge on any atom is -0.483 e. The Morgan fingerprint density at radius 3 is 2.60 bits per heavy atom. The van der Waals surface area contributed by atoms with Gasteiger partial charge in [-0.05, 0) is 79.0 Å². The quantitative estimate of drug-likeness (QED) is 0.451. The fourth-order valence-electron chi connectivity index (χ4n) is 3.02. The van der Waals surface area contributed by atoms with Crippen molar-refractivity contribution >= 4 is 39.4 Å². The lowest BCUT2D eigenvalue weighted by atomic mass is 10.1. The van der Waals surface area contributed by atoms with Crippen LogP contribution in [-0.2, 0) is 11.3 Å². The number of rotatable bonds is 8. The molecule has 1 amide bonds. The molecule has 7 nitrogen and oxygen atoms in total. The van der Waals surface area contributed by atoms with Gasteiger partial charge in [0.1, 0.15) is 11.6 Å². The summed E-state index contributed by atoms with van der Waals surface area (Å²) in [6, 6.07) is 9.69. The lowest BCUT2D eigenvalue weighted by Crippen LogP contribution is -2.16. The molecule has 3 aromatic rings. The van der Waals surface area contributed by atoms with Gasteiger partial charge in [-0.2, -0.15) is 0 Å². The highest BCUT2D eigenvalue weighted by molar-refractivity contribution is 9.10. The smallest absolute Gasteiger partial charge is 0.236 e. The van der Waals surface area contributed by atoms with Crippen molar-refractivity contribution in [3.8, 4) is 5.75 Å². The molecule has 2 heterocycles. The molecule has 9 heteroatoms. The highest BCUT2D eigenvalue weighted by atomic mass is 79.9. The molecule has 0 bridgehead atoms. The van der Waals surface area contributed by atoms with E-state index >= 15 is 0 Å². The number of thioether (sulfide) groups is 1. The zero-order valence-corrected chi connectivity index (χ0v) is 19.7. The number of pyridine rings is 1. The van der Waals surface area contributed by atoms with Gasteiger partial charge in [0.05, 0.1) is 5.75 Å². The van der Waals surface area contributed by atoms with Crippen LogP contribution in [0, 0.1) is 13.8 Å². The van der Waals surface area contributed by atoms with E-state index in [1.807, 2.05) is 50.5 Å². The SMILES string of the molecule is CCn1c(SCC(=O)Nc2ccc(Br)cn2)nnc1C(C)Oc1cc(C)cc(C)c1. The van der Waals surface area contributed by atoms with Crippen LogP contribution in [0.5, 0.6) is 5.75 Å². The summed E-state index contributed by atoms with van der Waals surface area (Å²) >= 11 is 4.66. The van der Waals surface area contributed by atoms with Gasteiger partial charge in [0, 0.05) is 17.2 Å². The average molecular weight is 490 g/mol. The van der Waals surface area contributed by atoms with Gasteiger partial charge in [-0.3, -0.25) is 4.79 Å². The summed E-state index contributed by atoms with van der Waals surface area (Å²) in [5, 5.41) is 12.0. The zero-order valence-electron chi connectivity index (χ0n) is 17.3. The summed E-state index contributed by atoms with van der Waals surface area (Å²) < 4.78 is 8.94. The summed E-state index contributed by atoms with van der Waals surface area (Å²) in [6.45, 7) is 8.74. The maximum atomic E-state index is 12.3. The van der Waals surface area contributed by atoms with Crippen LogP contribution in [0.1, 0.15) is 36.9 Å². The first-order chi connectivity index (χ1) is 14.4. The Labute approximate surface area is 188 Å². The number of aryl methyl sites for hydroxylation is 2. The highest BCUT2D eigenvalue weighted by Gasteiger charge is 2.19. The molecule has 0 spiro atoms. The Kier molecular flexibility index (Phi) is 7.49. The van der Waals surface area contributed by atoms with Crippen molar-refractivity contribution in [1.82, 2.24) is 19.7 Å². The van der Waals surface area contributed by atoms with Gasteiger partial charge in [0.25, 0.3) is 0 Å². The van der Waals surface area contributed by atoms with Crippen molar-refractivity contribution in [2.45, 2.75) is 45.5 Å². The molecule has 0 radical (unpaired) electrons. The van der Waals surface area contributed by atoms with Crippen LogP contribution in [0.25, 0.3) is 0 Å². The first-order valence-corrected chi connectivity index (χ1v) is 11.4. The topological polar surface area (TPSA) is 81.9 Å². The van der Waals surface area contributed by atoms with Gasteiger partial charge in [-0.15, -0.1) is 10.2 Å².